The van der Waals surface area contributed by atoms with E-state index in [2.05, 4.69) is 39.5 Å². The molecule has 0 N–H and O–H groups in total. The maximum absolute atomic E-state index is 13.0. The molecular formula is C73H156O35Si20. The van der Waals surface area contributed by atoms with Crippen molar-refractivity contribution in [1.29, 1.82) is 0 Å². The van der Waals surface area contributed by atoms with Crippen LogP contribution >= 0.6 is 0 Å². The summed E-state index contributed by atoms with van der Waals surface area (Å²) in [5, 5.41) is 0. The van der Waals surface area contributed by atoms with Crippen LogP contribution in [0.25, 0.3) is 0 Å². The Hall–Kier alpha value is -1.32. The predicted molar refractivity (Wildman–Crippen MR) is 529 cm³/mol. The largest absolute Gasteiger partial charge is 0.474 e. The van der Waals surface area contributed by atoms with Crippen LogP contribution in [0.1, 0.15) is 100 Å². The van der Waals surface area contributed by atoms with Gasteiger partial charge in [-0.25, -0.2) is 28.8 Å². The molecule has 0 aromatic carbocycles. The molecule has 12 unspecified atom stereocenters. The Labute approximate surface area is 785 Å². The van der Waals surface area contributed by atoms with Gasteiger partial charge in [0.05, 0.1) is 39.1 Å². The SMILES string of the molecule is C=C(C)C(=O)OCCCC[Si]1(C)O[Si](C)(CCCOC(=O)C(=C)C)O[Si](C)(O[Si](C)(C)O[Si](C)(C)O[Si](C)(C)O[Si]2(C)O[Si](C)(CCCOC(=O)C(=C)C)O[Si](C)(O[Si](C)(C)O[Si](C)(C)O[Si](C)(C)O[Si]3(C)O[Si](C)(CCC(C)OC(=O)C(=C)C)O[Si]4(C)O[Si](C)(C)O[Si](C)(C)O[Si](C)(O3)O4)O[Si](C)(CCCOC(=O)C(=C)C)O2)O[Si](C)(C(C)CCOC(=O)C(=C)C)O1. The molecule has 0 amide bonds. The molecule has 55 heteroatoms. The number of fused-ring (bicyclic) bond motifs is 2. The first-order valence-corrected chi connectivity index (χ1v) is 94.6. The number of hydrogen-bond donors (Lipinski definition) is 0. The molecule has 0 aromatic heterocycles. The van der Waals surface area contributed by atoms with Gasteiger partial charge in [0.15, 0.2) is 0 Å². The average molecular weight is 2160 g/mol. The highest BCUT2D eigenvalue weighted by Gasteiger charge is 2.69. The summed E-state index contributed by atoms with van der Waals surface area (Å²) in [7, 11) is -73.2. The third-order valence-electron chi connectivity index (χ3n) is 19.2. The summed E-state index contributed by atoms with van der Waals surface area (Å²) in [4.78, 5) is 76.6. The Kier molecular flexibility index (Phi) is 42.5. The molecule has 4 heterocycles. The molecule has 4 aliphatic rings. The normalized spacial score (nSPS) is 30.8. The summed E-state index contributed by atoms with van der Waals surface area (Å²) >= 11 is 0. The number of carbonyl (C=O) groups is 6. The molecule has 128 heavy (non-hydrogen) atoms. The molecule has 0 aromatic rings. The van der Waals surface area contributed by atoms with Crippen molar-refractivity contribution in [2.75, 3.05) is 33.0 Å². The molecular weight excluding hydrogens is 2000 g/mol. The lowest BCUT2D eigenvalue weighted by atomic mass is 10.3. The zero-order chi connectivity index (χ0) is 98.6. The highest BCUT2D eigenvalue weighted by molar-refractivity contribution is 7.00. The molecule has 738 valence electrons. The van der Waals surface area contributed by atoms with Gasteiger partial charge in [0.25, 0.3) is 0 Å². The second kappa shape index (κ2) is 45.7. The van der Waals surface area contributed by atoms with Crippen molar-refractivity contribution in [2.45, 2.75) is 326 Å². The van der Waals surface area contributed by atoms with Crippen LogP contribution in [0.4, 0.5) is 0 Å². The molecule has 35 nitrogen and oxygen atoms in total. The summed E-state index contributed by atoms with van der Waals surface area (Å²) in [6, 6.07) is 1.50. The topological polar surface area (TPSA) is 370 Å². The van der Waals surface area contributed by atoms with Gasteiger partial charge in [0.1, 0.15) is 0 Å². The Morgan fingerprint density at radius 3 is 0.867 bits per heavy atom. The number of esters is 6. The van der Waals surface area contributed by atoms with Crippen molar-refractivity contribution >= 4 is 208 Å². The lowest BCUT2D eigenvalue weighted by molar-refractivity contribution is -0.144. The van der Waals surface area contributed by atoms with Gasteiger partial charge in [-0.3, -0.25) is 0 Å². The Morgan fingerprint density at radius 1 is 0.273 bits per heavy atom. The number of ether oxygens (including phenoxy) is 6. The minimum absolute atomic E-state index is 0.0248. The highest BCUT2D eigenvalue weighted by atomic mass is 28.6. The highest BCUT2D eigenvalue weighted by Crippen LogP contribution is 2.46. The van der Waals surface area contributed by atoms with E-state index in [0.29, 0.717) is 50.2 Å². The van der Waals surface area contributed by atoms with E-state index in [9.17, 15) is 28.8 Å². The minimum atomic E-state index is -4.21. The molecule has 0 aliphatic carbocycles. The van der Waals surface area contributed by atoms with E-state index in [-0.39, 0.29) is 96.9 Å². The third kappa shape index (κ3) is 41.0. The van der Waals surface area contributed by atoms with Crippen LogP contribution in [0, 0.1) is 0 Å². The number of carbonyl (C=O) groups excluding carboxylic acids is 6. The van der Waals surface area contributed by atoms with Crippen molar-refractivity contribution in [2.24, 2.45) is 0 Å². The Bertz CT molecular complexity index is 3910. The Balaban J connectivity index is 1.82. The van der Waals surface area contributed by atoms with Crippen molar-refractivity contribution < 1.29 is 152 Å². The molecule has 0 spiro atoms. The summed E-state index contributed by atoms with van der Waals surface area (Å²) in [5.41, 5.74) is 1.15. The lowest BCUT2D eigenvalue weighted by Crippen LogP contribution is -2.75. The zero-order valence-corrected chi connectivity index (χ0v) is 104. The number of unbranched alkanes of at least 4 members (excludes halogenated alkanes) is 1. The summed E-state index contributed by atoms with van der Waals surface area (Å²) < 4.78 is 202. The van der Waals surface area contributed by atoms with Gasteiger partial charge in [-0.2, -0.15) is 0 Å². The second-order valence-corrected chi connectivity index (χ2v) is 107. The van der Waals surface area contributed by atoms with Gasteiger partial charge >= 0.3 is 208 Å². The predicted octanol–water partition coefficient (Wildman–Crippen LogP) is 17.1. The molecule has 0 saturated carbocycles. The van der Waals surface area contributed by atoms with Crippen LogP contribution in [0.3, 0.4) is 0 Å². The van der Waals surface area contributed by atoms with Crippen LogP contribution in [-0.4, -0.2) is 248 Å². The van der Waals surface area contributed by atoms with Crippen molar-refractivity contribution in [3.63, 3.8) is 0 Å². The lowest BCUT2D eigenvalue weighted by Gasteiger charge is -2.53. The summed E-state index contributed by atoms with van der Waals surface area (Å²) in [6.45, 7) is 88.7. The summed E-state index contributed by atoms with van der Waals surface area (Å²) in [6.07, 6.45) is 2.06. The van der Waals surface area contributed by atoms with Gasteiger partial charge in [-0.15, -0.1) is 0 Å². The third-order valence-corrected chi connectivity index (χ3v) is 106. The van der Waals surface area contributed by atoms with Crippen LogP contribution in [0.5, 0.6) is 0 Å². The van der Waals surface area contributed by atoms with Crippen LogP contribution in [-0.2, 0) is 152 Å². The molecule has 4 fully saturated rings. The maximum atomic E-state index is 13.0. The Morgan fingerprint density at radius 2 is 0.539 bits per heavy atom. The van der Waals surface area contributed by atoms with Crippen LogP contribution < -0.4 is 0 Å². The fourth-order valence-corrected chi connectivity index (χ4v) is 126. The van der Waals surface area contributed by atoms with Crippen molar-refractivity contribution in [1.82, 2.24) is 0 Å². The van der Waals surface area contributed by atoms with Crippen LogP contribution in [0.15, 0.2) is 72.9 Å². The first-order valence-electron chi connectivity index (χ1n) is 43.7. The van der Waals surface area contributed by atoms with E-state index in [0.717, 1.165) is 0 Å². The fourth-order valence-electron chi connectivity index (χ4n) is 16.1. The first kappa shape index (κ1) is 119. The molecule has 12 atom stereocenters. The molecule has 0 radical (unpaired) electrons. The summed E-state index contributed by atoms with van der Waals surface area (Å²) in [5.74, 6) is -3.21. The van der Waals surface area contributed by atoms with Gasteiger partial charge in [0, 0.05) is 78.3 Å². The van der Waals surface area contributed by atoms with Gasteiger partial charge in [-0.1, -0.05) is 46.4 Å². The molecule has 4 aliphatic heterocycles. The molecule has 2 bridgehead atoms. The second-order valence-electron chi connectivity index (χ2n) is 39.0. The minimum Gasteiger partial charge on any atom is -0.462 e. The first-order chi connectivity index (χ1) is 57.5. The quantitative estimate of drug-likeness (QED) is 0.0179. The van der Waals surface area contributed by atoms with E-state index in [1.54, 1.807) is 74.7 Å². The van der Waals surface area contributed by atoms with Crippen molar-refractivity contribution in [3.8, 4) is 0 Å². The van der Waals surface area contributed by atoms with Gasteiger partial charge in [-0.05, 0) is 268 Å². The molecule has 4 rings (SSSR count). The number of rotatable bonds is 47. The van der Waals surface area contributed by atoms with E-state index < -0.39 is 215 Å². The van der Waals surface area contributed by atoms with Crippen molar-refractivity contribution in [3.05, 3.63) is 72.9 Å². The van der Waals surface area contributed by atoms with E-state index in [1.165, 1.54) is 0 Å². The van der Waals surface area contributed by atoms with Gasteiger partial charge in [0.2, 0.25) is 0 Å². The smallest absolute Gasteiger partial charge is 0.462 e. The zero-order valence-electron chi connectivity index (χ0n) is 83.7. The average Bonchev–Trinajstić information content (AvgIpc) is 0.704. The molecule has 4 saturated heterocycles. The maximum Gasteiger partial charge on any atom is 0.474 e. The van der Waals surface area contributed by atoms with E-state index >= 15 is 0 Å². The standard InChI is InChI=1S/C73H156O35Si20/c1-60(2)68(74)80-50-43-44-55-117(31)97-118(32,56-45-51-81-69(75)61(3)4)99-125(39,106-122(36,98-117)67(14)48-54-84-72(78)64(9)10)93-113(23,24)88-109(15,16)86-111(19,20)91-123(37)100-119(33,57-46-52-82-70(76)62(5)6)102-124(38,103-120(34,101-123)58-47-53-83-71(77)63(7)8)92-112(21,22)87-110(17,18)89-114(25,26)94-126(40)104-121(35,59-49-66(13)85-73(79)65(11)12)105-127(41)95-115(27,28)90-116(29,30)96-128(42,107-126)108-127/h66-67H,1,3,5,7,9,11,43-59H2,2,4,6,8,10,12-42H3. The monoisotopic (exact) mass is 2150 g/mol. The number of hydrogen-bond acceptors (Lipinski definition) is 35. The van der Waals surface area contributed by atoms with Crippen LogP contribution in [0.2, 0.25) is 219 Å². The van der Waals surface area contributed by atoms with E-state index in [4.69, 9.17) is 123 Å². The fraction of sp³-hybridized carbons (Fsp3) is 0.753. The van der Waals surface area contributed by atoms with Gasteiger partial charge < -0.3 is 123 Å². The van der Waals surface area contributed by atoms with E-state index in [1.807, 2.05) is 164 Å².